The Morgan fingerprint density at radius 1 is 1.22 bits per heavy atom. The van der Waals surface area contributed by atoms with Gasteiger partial charge in [-0.2, -0.15) is 0 Å². The molecule has 0 spiro atoms. The third-order valence-corrected chi connectivity index (χ3v) is 9.33. The zero-order valence-electron chi connectivity index (χ0n) is 11.4. The van der Waals surface area contributed by atoms with Crippen molar-refractivity contribution in [2.75, 3.05) is 38.8 Å². The molecule has 0 rings (SSSR count). The molecule has 5 nitrogen and oxygen atoms in total. The third-order valence-electron chi connectivity index (χ3n) is 1.66. The van der Waals surface area contributed by atoms with Crippen LogP contribution < -0.4 is 0 Å². The van der Waals surface area contributed by atoms with Crippen molar-refractivity contribution in [1.29, 1.82) is 0 Å². The maximum atomic E-state index is 12.3. The molecule has 1 amide bonds. The van der Waals surface area contributed by atoms with Gasteiger partial charge in [0.1, 0.15) is 6.61 Å². The van der Waals surface area contributed by atoms with E-state index in [-0.39, 0.29) is 12.7 Å². The molecular weight excluding hydrogens is 293 g/mol. The van der Waals surface area contributed by atoms with Crippen molar-refractivity contribution < 1.29 is 18.6 Å². The maximum absolute atomic E-state index is 12.3. The quantitative estimate of drug-likeness (QED) is 0.477. The van der Waals surface area contributed by atoms with Gasteiger partial charge in [-0.1, -0.05) is 29.7 Å². The van der Waals surface area contributed by atoms with Crippen LogP contribution in [0.5, 0.6) is 0 Å². The van der Waals surface area contributed by atoms with Gasteiger partial charge in [-0.05, 0) is 13.3 Å². The molecule has 0 aliphatic carbocycles. The van der Waals surface area contributed by atoms with Crippen LogP contribution in [0.1, 0.15) is 20.3 Å². The SMILES string of the molecule is CCCSP(=O)(OCC)SCCOC(=O)N(C)C. The van der Waals surface area contributed by atoms with Crippen LogP contribution in [0, 0.1) is 0 Å². The number of ether oxygens (including phenoxy) is 1. The molecule has 0 fully saturated rings. The number of amides is 1. The first-order valence-electron chi connectivity index (χ1n) is 5.83. The summed E-state index contributed by atoms with van der Waals surface area (Å²) in [7, 11) is 3.25. The summed E-state index contributed by atoms with van der Waals surface area (Å²) in [5.41, 5.74) is 0. The zero-order valence-corrected chi connectivity index (χ0v) is 13.9. The normalized spacial score (nSPS) is 14.0. The highest BCUT2D eigenvalue weighted by Gasteiger charge is 2.23. The van der Waals surface area contributed by atoms with Gasteiger partial charge in [0.2, 0.25) is 0 Å². The first-order valence-corrected chi connectivity index (χ1v) is 10.6. The molecule has 8 heteroatoms. The summed E-state index contributed by atoms with van der Waals surface area (Å²) in [6, 6.07) is 0. The minimum absolute atomic E-state index is 0.241. The van der Waals surface area contributed by atoms with Crippen LogP contribution in [-0.2, 0) is 13.8 Å². The van der Waals surface area contributed by atoms with E-state index in [9.17, 15) is 9.36 Å². The van der Waals surface area contributed by atoms with E-state index >= 15 is 0 Å². The molecular formula is C10H22NO4PS2. The van der Waals surface area contributed by atoms with Crippen molar-refractivity contribution in [2.45, 2.75) is 20.3 Å². The summed E-state index contributed by atoms with van der Waals surface area (Å²) < 4.78 is 22.6. The molecule has 0 saturated heterocycles. The van der Waals surface area contributed by atoms with Gasteiger partial charge in [0, 0.05) is 25.6 Å². The molecule has 1 unspecified atom stereocenters. The van der Waals surface area contributed by atoms with E-state index in [2.05, 4.69) is 0 Å². The highest BCUT2D eigenvalue weighted by Crippen LogP contribution is 2.69. The molecule has 0 heterocycles. The van der Waals surface area contributed by atoms with Crippen LogP contribution >= 0.6 is 28.5 Å². The number of rotatable bonds is 9. The average molecular weight is 315 g/mol. The Labute approximate surface area is 117 Å². The average Bonchev–Trinajstić information content (AvgIpc) is 2.32. The van der Waals surface area contributed by atoms with E-state index in [1.807, 2.05) is 13.8 Å². The Balaban J connectivity index is 3.97. The number of nitrogens with zero attached hydrogens (tertiary/aromatic N) is 1. The second kappa shape index (κ2) is 10.0. The lowest BCUT2D eigenvalue weighted by Crippen LogP contribution is -2.23. The lowest BCUT2D eigenvalue weighted by molar-refractivity contribution is 0.125. The Kier molecular flexibility index (Phi) is 10.1. The van der Waals surface area contributed by atoms with Crippen molar-refractivity contribution in [2.24, 2.45) is 0 Å². The van der Waals surface area contributed by atoms with E-state index in [0.717, 1.165) is 12.2 Å². The summed E-state index contributed by atoms with van der Waals surface area (Å²) in [5.74, 6) is -1.40. The molecule has 0 N–H and O–H groups in total. The molecule has 0 radical (unpaired) electrons. The molecule has 0 aromatic heterocycles. The van der Waals surface area contributed by atoms with E-state index in [0.29, 0.717) is 12.4 Å². The van der Waals surface area contributed by atoms with Gasteiger partial charge >= 0.3 is 11.9 Å². The Bertz CT molecular complexity index is 289. The summed E-state index contributed by atoms with van der Waals surface area (Å²) in [6.07, 6.45) is 0.570. The van der Waals surface area contributed by atoms with E-state index in [1.54, 1.807) is 14.1 Å². The zero-order chi connectivity index (χ0) is 14.0. The minimum Gasteiger partial charge on any atom is -0.449 e. The van der Waals surface area contributed by atoms with Crippen molar-refractivity contribution in [3.8, 4) is 0 Å². The highest BCUT2D eigenvalue weighted by molar-refractivity contribution is 8.89. The van der Waals surface area contributed by atoms with Crippen molar-refractivity contribution in [1.82, 2.24) is 4.90 Å². The summed E-state index contributed by atoms with van der Waals surface area (Å²) in [4.78, 5) is 12.5. The Morgan fingerprint density at radius 2 is 1.83 bits per heavy atom. The van der Waals surface area contributed by atoms with Crippen molar-refractivity contribution >= 4 is 34.6 Å². The summed E-state index contributed by atoms with van der Waals surface area (Å²) in [5, 5.41) is 0. The topological polar surface area (TPSA) is 55.8 Å². The third kappa shape index (κ3) is 8.29. The Morgan fingerprint density at radius 3 is 2.33 bits per heavy atom. The summed E-state index contributed by atoms with van der Waals surface area (Å²) >= 11 is 2.60. The molecule has 18 heavy (non-hydrogen) atoms. The molecule has 0 aromatic carbocycles. The lowest BCUT2D eigenvalue weighted by atomic mass is 10.6. The lowest BCUT2D eigenvalue weighted by Gasteiger charge is -2.16. The van der Waals surface area contributed by atoms with Crippen LogP contribution in [-0.4, -0.2) is 49.8 Å². The Hall–Kier alpha value is 0.160. The second-order valence-corrected chi connectivity index (χ2v) is 11.2. The number of carbonyl (C=O) groups excluding carboxylic acids is 1. The van der Waals surface area contributed by atoms with Crippen molar-refractivity contribution in [3.05, 3.63) is 0 Å². The van der Waals surface area contributed by atoms with Crippen LogP contribution in [0.2, 0.25) is 0 Å². The highest BCUT2D eigenvalue weighted by atomic mass is 33.1. The number of carbonyl (C=O) groups is 1. The predicted molar refractivity (Wildman–Crippen MR) is 79.5 cm³/mol. The fraction of sp³-hybridized carbons (Fsp3) is 0.900. The molecule has 0 aliphatic heterocycles. The second-order valence-electron chi connectivity index (χ2n) is 3.54. The molecule has 108 valence electrons. The van der Waals surface area contributed by atoms with Gasteiger partial charge in [-0.3, -0.25) is 4.57 Å². The summed E-state index contributed by atoms with van der Waals surface area (Å²) in [6.45, 7) is 4.53. The van der Waals surface area contributed by atoms with Gasteiger partial charge in [-0.15, -0.1) is 0 Å². The van der Waals surface area contributed by atoms with Crippen LogP contribution in [0.15, 0.2) is 0 Å². The standard InChI is InChI=1S/C10H22NO4PS2/c1-5-8-17-16(13,15-6-2)18-9-7-14-10(12)11(3)4/h5-9H2,1-4H3. The van der Waals surface area contributed by atoms with Crippen LogP contribution in [0.4, 0.5) is 4.79 Å². The van der Waals surface area contributed by atoms with Gasteiger partial charge in [0.15, 0.2) is 0 Å². The number of hydrogen-bond acceptors (Lipinski definition) is 6. The molecule has 1 atom stereocenters. The largest absolute Gasteiger partial charge is 0.449 e. The van der Waals surface area contributed by atoms with E-state index in [4.69, 9.17) is 9.26 Å². The molecule has 0 aliphatic rings. The number of hydrogen-bond donors (Lipinski definition) is 0. The molecule has 0 bridgehead atoms. The smallest absolute Gasteiger partial charge is 0.409 e. The van der Waals surface area contributed by atoms with Crippen LogP contribution in [0.3, 0.4) is 0 Å². The predicted octanol–water partition coefficient (Wildman–Crippen LogP) is 3.71. The molecule has 0 aromatic rings. The van der Waals surface area contributed by atoms with E-state index in [1.165, 1.54) is 27.7 Å². The van der Waals surface area contributed by atoms with E-state index < -0.39 is 5.77 Å². The van der Waals surface area contributed by atoms with Gasteiger partial charge in [0.25, 0.3) is 0 Å². The van der Waals surface area contributed by atoms with Gasteiger partial charge in [0.05, 0.1) is 6.61 Å². The van der Waals surface area contributed by atoms with Crippen molar-refractivity contribution in [3.63, 3.8) is 0 Å². The molecule has 0 saturated carbocycles. The van der Waals surface area contributed by atoms with Crippen LogP contribution in [0.25, 0.3) is 0 Å². The monoisotopic (exact) mass is 315 g/mol. The van der Waals surface area contributed by atoms with Gasteiger partial charge < -0.3 is 14.2 Å². The van der Waals surface area contributed by atoms with Gasteiger partial charge in [-0.25, -0.2) is 4.79 Å². The minimum atomic E-state index is -2.69. The fourth-order valence-corrected chi connectivity index (χ4v) is 7.64. The maximum Gasteiger partial charge on any atom is 0.409 e. The fourth-order valence-electron chi connectivity index (χ4n) is 0.880. The first kappa shape index (κ1) is 18.2. The first-order chi connectivity index (χ1) is 8.45.